The Bertz CT molecular complexity index is 686. The van der Waals surface area contributed by atoms with Gasteiger partial charge < -0.3 is 4.90 Å². The summed E-state index contributed by atoms with van der Waals surface area (Å²) in [5.41, 5.74) is 1.92. The molecule has 0 N–H and O–H groups in total. The summed E-state index contributed by atoms with van der Waals surface area (Å²) in [6.45, 7) is 3.51. The Hall–Kier alpha value is -1.82. The summed E-state index contributed by atoms with van der Waals surface area (Å²) in [5, 5.41) is 4.11. The number of carbonyl (C=O) groups is 1. The van der Waals surface area contributed by atoms with Crippen molar-refractivity contribution in [2.75, 3.05) is 13.1 Å². The van der Waals surface area contributed by atoms with E-state index in [0.717, 1.165) is 49.9 Å². The maximum atomic E-state index is 13.2. The summed E-state index contributed by atoms with van der Waals surface area (Å²) < 4.78 is 17.1. The minimum absolute atomic E-state index is 0.0439. The van der Waals surface area contributed by atoms with Gasteiger partial charge in [-0.3, -0.25) is 4.79 Å². The largest absolute Gasteiger partial charge is 0.337 e. The second-order valence-corrected chi connectivity index (χ2v) is 7.05. The van der Waals surface area contributed by atoms with E-state index in [1.807, 2.05) is 17.0 Å². The topological polar surface area (TPSA) is 46.1 Å². The van der Waals surface area contributed by atoms with Crippen LogP contribution in [0.15, 0.2) is 24.3 Å². The minimum atomic E-state index is -0.222. The lowest BCUT2D eigenvalue weighted by Crippen LogP contribution is -2.34. The first-order chi connectivity index (χ1) is 11.7. The molecule has 1 atom stereocenters. The molecule has 1 fully saturated rings. The minimum Gasteiger partial charge on any atom is -0.337 e. The molecule has 1 saturated heterocycles. The quantitative estimate of drug-likeness (QED) is 0.838. The molecule has 1 aromatic carbocycles. The molecule has 0 spiro atoms. The summed E-state index contributed by atoms with van der Waals surface area (Å²) in [6, 6.07) is 6.67. The van der Waals surface area contributed by atoms with Crippen molar-refractivity contribution in [3.63, 3.8) is 0 Å². The van der Waals surface area contributed by atoms with Gasteiger partial charge in [0.1, 0.15) is 10.7 Å². The van der Waals surface area contributed by atoms with Gasteiger partial charge in [-0.15, -0.1) is 5.10 Å². The Kier molecular flexibility index (Phi) is 5.56. The van der Waals surface area contributed by atoms with Gasteiger partial charge in [0.25, 0.3) is 5.91 Å². The smallest absolute Gasteiger partial charge is 0.267 e. The number of aromatic nitrogens is 2. The third-order valence-electron chi connectivity index (χ3n) is 4.54. The standard InChI is InChI=1S/C18H22FN3OS/c1-2-5-16-17(24-21-20-16)18(23)22-11-4-3-6-14(12-22)13-7-9-15(19)10-8-13/h7-10,14H,2-6,11-12H2,1H3. The summed E-state index contributed by atoms with van der Waals surface area (Å²) in [6.07, 6.45) is 4.84. The van der Waals surface area contributed by atoms with Crippen molar-refractivity contribution in [1.82, 2.24) is 14.5 Å². The fourth-order valence-electron chi connectivity index (χ4n) is 3.25. The second kappa shape index (κ2) is 7.83. The van der Waals surface area contributed by atoms with E-state index in [9.17, 15) is 9.18 Å². The fourth-order valence-corrected chi connectivity index (χ4v) is 3.93. The predicted molar refractivity (Wildman–Crippen MR) is 92.8 cm³/mol. The first-order valence-electron chi connectivity index (χ1n) is 8.55. The first-order valence-corrected chi connectivity index (χ1v) is 9.32. The van der Waals surface area contributed by atoms with Crippen LogP contribution >= 0.6 is 11.5 Å². The molecule has 1 aromatic heterocycles. The molecular weight excluding hydrogens is 325 g/mol. The van der Waals surface area contributed by atoms with Gasteiger partial charge in [-0.2, -0.15) is 0 Å². The molecule has 2 aromatic rings. The highest BCUT2D eigenvalue weighted by molar-refractivity contribution is 7.08. The second-order valence-electron chi connectivity index (χ2n) is 6.29. The van der Waals surface area contributed by atoms with Crippen LogP contribution in [0, 0.1) is 5.82 Å². The highest BCUT2D eigenvalue weighted by Crippen LogP contribution is 2.28. The molecule has 0 aliphatic carbocycles. The molecule has 128 valence electrons. The number of benzene rings is 1. The van der Waals surface area contributed by atoms with Crippen molar-refractivity contribution in [3.05, 3.63) is 46.2 Å². The van der Waals surface area contributed by atoms with Crippen LogP contribution in [0.3, 0.4) is 0 Å². The molecule has 3 rings (SSSR count). The lowest BCUT2D eigenvalue weighted by Gasteiger charge is -2.24. The Morgan fingerprint density at radius 2 is 2.12 bits per heavy atom. The van der Waals surface area contributed by atoms with Crippen LogP contribution in [-0.4, -0.2) is 33.5 Å². The van der Waals surface area contributed by atoms with Gasteiger partial charge in [-0.25, -0.2) is 4.39 Å². The number of nitrogens with zero attached hydrogens (tertiary/aromatic N) is 3. The number of aryl methyl sites for hydroxylation is 1. The number of hydrogen-bond donors (Lipinski definition) is 0. The van der Waals surface area contributed by atoms with E-state index in [4.69, 9.17) is 0 Å². The number of amides is 1. The van der Waals surface area contributed by atoms with E-state index in [1.165, 1.54) is 23.7 Å². The average Bonchev–Trinajstić information content (AvgIpc) is 2.90. The van der Waals surface area contributed by atoms with Crippen LogP contribution in [-0.2, 0) is 6.42 Å². The molecule has 1 aliphatic rings. The van der Waals surface area contributed by atoms with Crippen LogP contribution in [0.1, 0.15) is 59.5 Å². The van der Waals surface area contributed by atoms with Crippen molar-refractivity contribution in [3.8, 4) is 0 Å². The third-order valence-corrected chi connectivity index (χ3v) is 5.29. The van der Waals surface area contributed by atoms with Gasteiger partial charge in [0, 0.05) is 19.0 Å². The molecule has 24 heavy (non-hydrogen) atoms. The number of likely N-dealkylation sites (tertiary alicyclic amines) is 1. The number of rotatable bonds is 4. The highest BCUT2D eigenvalue weighted by Gasteiger charge is 2.27. The summed E-state index contributed by atoms with van der Waals surface area (Å²) in [4.78, 5) is 15.5. The van der Waals surface area contributed by atoms with E-state index >= 15 is 0 Å². The van der Waals surface area contributed by atoms with Crippen LogP contribution < -0.4 is 0 Å². The van der Waals surface area contributed by atoms with E-state index < -0.39 is 0 Å². The van der Waals surface area contributed by atoms with Gasteiger partial charge in [-0.05, 0) is 48.5 Å². The molecule has 1 amide bonds. The molecule has 0 saturated carbocycles. The van der Waals surface area contributed by atoms with Crippen LogP contribution in [0.4, 0.5) is 4.39 Å². The van der Waals surface area contributed by atoms with Crippen LogP contribution in [0.2, 0.25) is 0 Å². The van der Waals surface area contributed by atoms with Gasteiger partial charge in [-0.1, -0.05) is 36.4 Å². The van der Waals surface area contributed by atoms with Crippen molar-refractivity contribution < 1.29 is 9.18 Å². The molecule has 1 unspecified atom stereocenters. The summed E-state index contributed by atoms with van der Waals surface area (Å²) >= 11 is 1.20. The average molecular weight is 347 g/mol. The normalized spacial score (nSPS) is 18.4. The van der Waals surface area contributed by atoms with Crippen molar-refractivity contribution >= 4 is 17.4 Å². The predicted octanol–water partition coefficient (Wildman–Crippen LogP) is 4.04. The molecule has 2 heterocycles. The highest BCUT2D eigenvalue weighted by atomic mass is 32.1. The molecule has 0 bridgehead atoms. The summed E-state index contributed by atoms with van der Waals surface area (Å²) in [5.74, 6) is 0.0789. The SMILES string of the molecule is CCCc1nnsc1C(=O)N1CCCCC(c2ccc(F)cc2)C1. The third kappa shape index (κ3) is 3.80. The number of hydrogen-bond acceptors (Lipinski definition) is 4. The van der Waals surface area contributed by atoms with Crippen molar-refractivity contribution in [2.45, 2.75) is 44.9 Å². The maximum Gasteiger partial charge on any atom is 0.267 e. The molecule has 6 heteroatoms. The lowest BCUT2D eigenvalue weighted by molar-refractivity contribution is 0.0758. The van der Waals surface area contributed by atoms with Crippen LogP contribution in [0.25, 0.3) is 0 Å². The molecular formula is C18H22FN3OS. The molecule has 1 aliphatic heterocycles. The van der Waals surface area contributed by atoms with E-state index in [-0.39, 0.29) is 17.6 Å². The van der Waals surface area contributed by atoms with E-state index in [0.29, 0.717) is 11.4 Å². The fraction of sp³-hybridized carbons (Fsp3) is 0.500. The maximum absolute atomic E-state index is 13.2. The van der Waals surface area contributed by atoms with Crippen molar-refractivity contribution in [2.24, 2.45) is 0 Å². The van der Waals surface area contributed by atoms with Crippen LogP contribution in [0.5, 0.6) is 0 Å². The molecule has 0 radical (unpaired) electrons. The molecule has 4 nitrogen and oxygen atoms in total. The Morgan fingerprint density at radius 1 is 1.33 bits per heavy atom. The number of halogens is 1. The van der Waals surface area contributed by atoms with Gasteiger partial charge in [0.2, 0.25) is 0 Å². The number of carbonyl (C=O) groups excluding carboxylic acids is 1. The monoisotopic (exact) mass is 347 g/mol. The van der Waals surface area contributed by atoms with E-state index in [1.54, 1.807) is 0 Å². The van der Waals surface area contributed by atoms with Crippen molar-refractivity contribution in [1.29, 1.82) is 0 Å². The van der Waals surface area contributed by atoms with Gasteiger partial charge in [0.05, 0.1) is 5.69 Å². The van der Waals surface area contributed by atoms with Gasteiger partial charge in [0.15, 0.2) is 0 Å². The Morgan fingerprint density at radius 3 is 2.88 bits per heavy atom. The Balaban J connectivity index is 1.78. The Labute approximate surface area is 145 Å². The zero-order valence-corrected chi connectivity index (χ0v) is 14.7. The summed E-state index contributed by atoms with van der Waals surface area (Å²) in [7, 11) is 0. The zero-order chi connectivity index (χ0) is 16.9. The zero-order valence-electron chi connectivity index (χ0n) is 13.9. The van der Waals surface area contributed by atoms with Gasteiger partial charge >= 0.3 is 0 Å². The lowest BCUT2D eigenvalue weighted by atomic mass is 9.94. The van der Waals surface area contributed by atoms with E-state index in [2.05, 4.69) is 16.5 Å². The first kappa shape index (κ1) is 17.0.